The van der Waals surface area contributed by atoms with E-state index in [1.807, 2.05) is 30.9 Å². The average molecular weight is 337 g/mol. The highest BCUT2D eigenvalue weighted by Gasteiger charge is 2.27. The Labute approximate surface area is 141 Å². The Morgan fingerprint density at radius 3 is 2.61 bits per heavy atom. The Kier molecular flexibility index (Phi) is 6.33. The SMILES string of the molecule is COC(=O)CS[C@@H]1CCN(C(=O)c2ccc(OC(C)C)cc2)C1. The Balaban J connectivity index is 1.87. The van der Waals surface area contributed by atoms with E-state index in [0.717, 1.165) is 18.7 Å². The molecule has 0 spiro atoms. The topological polar surface area (TPSA) is 55.8 Å². The van der Waals surface area contributed by atoms with Crippen LogP contribution in [0.3, 0.4) is 0 Å². The molecule has 0 unspecified atom stereocenters. The quantitative estimate of drug-likeness (QED) is 0.747. The summed E-state index contributed by atoms with van der Waals surface area (Å²) in [6.45, 7) is 5.33. The summed E-state index contributed by atoms with van der Waals surface area (Å²) in [5.74, 6) is 0.914. The number of esters is 1. The number of methoxy groups -OCH3 is 1. The van der Waals surface area contributed by atoms with Crippen LogP contribution < -0.4 is 4.74 Å². The van der Waals surface area contributed by atoms with Crippen LogP contribution >= 0.6 is 11.8 Å². The Hall–Kier alpha value is -1.69. The third-order valence-corrected chi connectivity index (χ3v) is 4.83. The van der Waals surface area contributed by atoms with Gasteiger partial charge >= 0.3 is 5.97 Å². The van der Waals surface area contributed by atoms with Crippen molar-refractivity contribution in [2.75, 3.05) is 26.0 Å². The van der Waals surface area contributed by atoms with E-state index in [1.54, 1.807) is 23.9 Å². The smallest absolute Gasteiger partial charge is 0.315 e. The summed E-state index contributed by atoms with van der Waals surface area (Å²) in [6, 6.07) is 7.25. The van der Waals surface area contributed by atoms with E-state index >= 15 is 0 Å². The third kappa shape index (κ3) is 5.16. The second-order valence-electron chi connectivity index (χ2n) is 5.74. The largest absolute Gasteiger partial charge is 0.491 e. The number of hydrogen-bond donors (Lipinski definition) is 0. The highest BCUT2D eigenvalue weighted by Crippen LogP contribution is 2.24. The van der Waals surface area contributed by atoms with Crippen molar-refractivity contribution in [3.05, 3.63) is 29.8 Å². The minimum absolute atomic E-state index is 0.0299. The van der Waals surface area contributed by atoms with E-state index in [1.165, 1.54) is 7.11 Å². The van der Waals surface area contributed by atoms with E-state index in [-0.39, 0.29) is 18.0 Å². The number of thioether (sulfide) groups is 1. The van der Waals surface area contributed by atoms with Gasteiger partial charge in [-0.1, -0.05) is 0 Å². The molecule has 0 aliphatic carbocycles. The van der Waals surface area contributed by atoms with Crippen molar-refractivity contribution in [3.8, 4) is 5.75 Å². The number of nitrogens with zero attached hydrogens (tertiary/aromatic N) is 1. The molecule has 1 atom stereocenters. The third-order valence-electron chi connectivity index (χ3n) is 3.57. The maximum absolute atomic E-state index is 12.5. The summed E-state index contributed by atoms with van der Waals surface area (Å²) >= 11 is 1.55. The summed E-state index contributed by atoms with van der Waals surface area (Å²) in [7, 11) is 1.39. The monoisotopic (exact) mass is 337 g/mol. The molecule has 0 aromatic heterocycles. The number of hydrogen-bond acceptors (Lipinski definition) is 5. The predicted molar refractivity (Wildman–Crippen MR) is 91.0 cm³/mol. The van der Waals surface area contributed by atoms with Gasteiger partial charge in [0, 0.05) is 23.9 Å². The van der Waals surface area contributed by atoms with E-state index in [0.29, 0.717) is 23.1 Å². The average Bonchev–Trinajstić information content (AvgIpc) is 3.01. The van der Waals surface area contributed by atoms with Crippen molar-refractivity contribution >= 4 is 23.6 Å². The summed E-state index contributed by atoms with van der Waals surface area (Å²) in [4.78, 5) is 25.5. The molecular formula is C17H23NO4S. The first-order valence-electron chi connectivity index (χ1n) is 7.74. The standard InChI is InChI=1S/C17H23NO4S/c1-12(2)22-14-6-4-13(5-7-14)17(20)18-9-8-15(10-18)23-11-16(19)21-3/h4-7,12,15H,8-11H2,1-3H3/t15-/m1/s1. The van der Waals surface area contributed by atoms with Crippen LogP contribution in [-0.4, -0.2) is 54.1 Å². The summed E-state index contributed by atoms with van der Waals surface area (Å²) < 4.78 is 10.2. The first kappa shape index (κ1) is 17.7. The van der Waals surface area contributed by atoms with Gasteiger partial charge in [-0.3, -0.25) is 9.59 Å². The lowest BCUT2D eigenvalue weighted by molar-refractivity contribution is -0.137. The summed E-state index contributed by atoms with van der Waals surface area (Å²) in [5.41, 5.74) is 0.666. The predicted octanol–water partition coefficient (Wildman–Crippen LogP) is 2.59. The number of carbonyl (C=O) groups excluding carboxylic acids is 2. The van der Waals surface area contributed by atoms with Gasteiger partial charge in [-0.25, -0.2) is 0 Å². The molecule has 1 saturated heterocycles. The van der Waals surface area contributed by atoms with E-state index in [9.17, 15) is 9.59 Å². The van der Waals surface area contributed by atoms with Crippen molar-refractivity contribution in [1.82, 2.24) is 4.90 Å². The Morgan fingerprint density at radius 1 is 1.30 bits per heavy atom. The molecule has 6 heteroatoms. The molecule has 1 fully saturated rings. The zero-order valence-corrected chi connectivity index (χ0v) is 14.6. The molecule has 1 aliphatic rings. The van der Waals surface area contributed by atoms with Gasteiger partial charge in [-0.2, -0.15) is 0 Å². The summed E-state index contributed by atoms with van der Waals surface area (Å²) in [6.07, 6.45) is 1.02. The number of likely N-dealkylation sites (tertiary alicyclic amines) is 1. The molecule has 0 saturated carbocycles. The molecule has 0 bridgehead atoms. The molecule has 0 radical (unpaired) electrons. The van der Waals surface area contributed by atoms with Crippen LogP contribution in [0.4, 0.5) is 0 Å². The minimum atomic E-state index is -0.222. The van der Waals surface area contributed by atoms with Gasteiger partial charge in [0.25, 0.3) is 5.91 Å². The molecule has 1 amide bonds. The zero-order chi connectivity index (χ0) is 16.8. The van der Waals surface area contributed by atoms with Gasteiger partial charge in [0.2, 0.25) is 0 Å². The second-order valence-corrected chi connectivity index (χ2v) is 7.03. The number of benzene rings is 1. The van der Waals surface area contributed by atoms with Crippen LogP contribution in [0.25, 0.3) is 0 Å². The molecule has 2 rings (SSSR count). The van der Waals surface area contributed by atoms with Crippen molar-refractivity contribution in [3.63, 3.8) is 0 Å². The first-order valence-corrected chi connectivity index (χ1v) is 8.79. The maximum Gasteiger partial charge on any atom is 0.315 e. The van der Waals surface area contributed by atoms with Crippen molar-refractivity contribution in [2.24, 2.45) is 0 Å². The van der Waals surface area contributed by atoms with Gasteiger partial charge in [0.1, 0.15) is 5.75 Å². The van der Waals surface area contributed by atoms with Gasteiger partial charge in [0.05, 0.1) is 19.0 Å². The van der Waals surface area contributed by atoms with Crippen LogP contribution in [0.2, 0.25) is 0 Å². The Bertz CT molecular complexity index is 544. The molecule has 1 heterocycles. The highest BCUT2D eigenvalue weighted by molar-refractivity contribution is 8.00. The minimum Gasteiger partial charge on any atom is -0.491 e. The van der Waals surface area contributed by atoms with Gasteiger partial charge in [-0.15, -0.1) is 11.8 Å². The molecule has 0 N–H and O–H groups in total. The van der Waals surface area contributed by atoms with Crippen LogP contribution in [0.15, 0.2) is 24.3 Å². The number of carbonyl (C=O) groups is 2. The first-order chi connectivity index (χ1) is 11.0. The van der Waals surface area contributed by atoms with Crippen LogP contribution in [0.1, 0.15) is 30.6 Å². The van der Waals surface area contributed by atoms with Gasteiger partial charge < -0.3 is 14.4 Å². The fourth-order valence-electron chi connectivity index (χ4n) is 2.42. The molecule has 1 aliphatic heterocycles. The second kappa shape index (κ2) is 8.24. The molecule has 1 aromatic carbocycles. The number of amides is 1. The van der Waals surface area contributed by atoms with Gasteiger partial charge in [0.15, 0.2) is 0 Å². The van der Waals surface area contributed by atoms with Crippen molar-refractivity contribution in [2.45, 2.75) is 31.6 Å². The zero-order valence-electron chi connectivity index (χ0n) is 13.8. The maximum atomic E-state index is 12.5. The lowest BCUT2D eigenvalue weighted by Crippen LogP contribution is -2.29. The number of ether oxygens (including phenoxy) is 2. The summed E-state index contributed by atoms with van der Waals surface area (Å²) in [5, 5.41) is 0.293. The lowest BCUT2D eigenvalue weighted by Gasteiger charge is -2.17. The fraction of sp³-hybridized carbons (Fsp3) is 0.529. The molecule has 1 aromatic rings. The fourth-order valence-corrected chi connectivity index (χ4v) is 3.47. The molecular weight excluding hydrogens is 314 g/mol. The van der Waals surface area contributed by atoms with Crippen LogP contribution in [0, 0.1) is 0 Å². The van der Waals surface area contributed by atoms with E-state index in [4.69, 9.17) is 4.74 Å². The van der Waals surface area contributed by atoms with Crippen LogP contribution in [0.5, 0.6) is 5.75 Å². The van der Waals surface area contributed by atoms with Crippen LogP contribution in [-0.2, 0) is 9.53 Å². The van der Waals surface area contributed by atoms with Gasteiger partial charge in [-0.05, 0) is 44.5 Å². The van der Waals surface area contributed by atoms with E-state index < -0.39 is 0 Å². The van der Waals surface area contributed by atoms with E-state index in [2.05, 4.69) is 4.74 Å². The normalized spacial score (nSPS) is 17.4. The number of rotatable bonds is 6. The lowest BCUT2D eigenvalue weighted by atomic mass is 10.2. The van der Waals surface area contributed by atoms with Crippen molar-refractivity contribution in [1.29, 1.82) is 0 Å². The molecule has 5 nitrogen and oxygen atoms in total. The molecule has 23 heavy (non-hydrogen) atoms. The van der Waals surface area contributed by atoms with Crippen molar-refractivity contribution < 1.29 is 19.1 Å². The molecule has 126 valence electrons. The Morgan fingerprint density at radius 2 is 2.00 bits per heavy atom. The highest BCUT2D eigenvalue weighted by atomic mass is 32.2.